The number of hydrogen-bond donors (Lipinski definition) is 2. The molecule has 1 saturated heterocycles. The van der Waals surface area contributed by atoms with E-state index in [1.807, 2.05) is 13.0 Å². The zero-order chi connectivity index (χ0) is 13.8. The van der Waals surface area contributed by atoms with E-state index in [1.165, 1.54) is 12.0 Å². The molecule has 0 aromatic heterocycles. The highest BCUT2D eigenvalue weighted by molar-refractivity contribution is 9.10. The van der Waals surface area contributed by atoms with E-state index in [9.17, 15) is 4.79 Å². The van der Waals surface area contributed by atoms with Crippen LogP contribution in [0.2, 0.25) is 0 Å². The lowest BCUT2D eigenvalue weighted by molar-refractivity contribution is -0.116. The molecule has 0 aliphatic carbocycles. The fourth-order valence-electron chi connectivity index (χ4n) is 2.57. The van der Waals surface area contributed by atoms with E-state index in [-0.39, 0.29) is 5.91 Å². The van der Waals surface area contributed by atoms with E-state index in [0.717, 1.165) is 35.2 Å². The molecule has 1 unspecified atom stereocenters. The van der Waals surface area contributed by atoms with Crippen LogP contribution in [0.4, 0.5) is 5.69 Å². The Morgan fingerprint density at radius 2 is 2.26 bits per heavy atom. The normalized spacial score (nSPS) is 18.6. The Hall–Kier alpha value is -0.870. The lowest BCUT2D eigenvalue weighted by Crippen LogP contribution is -2.15. The first-order chi connectivity index (χ1) is 9.06. The molecule has 104 valence electrons. The third-order valence-electron chi connectivity index (χ3n) is 3.64. The van der Waals surface area contributed by atoms with Crippen LogP contribution in [0.5, 0.6) is 0 Å². The maximum absolute atomic E-state index is 12.0. The van der Waals surface area contributed by atoms with Gasteiger partial charge in [0, 0.05) is 10.9 Å². The Balaban J connectivity index is 1.91. The molecule has 0 spiro atoms. The highest BCUT2D eigenvalue weighted by Crippen LogP contribution is 2.28. The first-order valence-electron chi connectivity index (χ1n) is 6.83. The Kier molecular flexibility index (Phi) is 4.99. The van der Waals surface area contributed by atoms with Crippen molar-refractivity contribution in [3.05, 3.63) is 27.7 Å². The summed E-state index contributed by atoms with van der Waals surface area (Å²) in [4.78, 5) is 12.0. The van der Waals surface area contributed by atoms with Crippen molar-refractivity contribution in [2.45, 2.75) is 33.1 Å². The van der Waals surface area contributed by atoms with Crippen molar-refractivity contribution >= 4 is 27.5 Å². The minimum absolute atomic E-state index is 0.111. The molecular formula is C15H21BrN2O. The van der Waals surface area contributed by atoms with Gasteiger partial charge in [0.15, 0.2) is 0 Å². The predicted octanol–water partition coefficient (Wildman–Crippen LogP) is 3.39. The molecule has 0 radical (unpaired) electrons. The van der Waals surface area contributed by atoms with Gasteiger partial charge in [0.1, 0.15) is 0 Å². The molecule has 1 aromatic carbocycles. The zero-order valence-electron chi connectivity index (χ0n) is 11.6. The molecule has 4 heteroatoms. The SMILES string of the molecule is Cc1cc(C)c(NC(=O)CCC2CCNC2)c(Br)c1. The minimum atomic E-state index is 0.111. The van der Waals surface area contributed by atoms with Crippen molar-refractivity contribution in [3.63, 3.8) is 0 Å². The molecule has 1 amide bonds. The van der Waals surface area contributed by atoms with Gasteiger partial charge in [-0.25, -0.2) is 0 Å². The summed E-state index contributed by atoms with van der Waals surface area (Å²) in [5.41, 5.74) is 3.20. The second-order valence-corrected chi connectivity index (χ2v) is 6.24. The lowest BCUT2D eigenvalue weighted by Gasteiger charge is -2.13. The second-order valence-electron chi connectivity index (χ2n) is 5.38. The Morgan fingerprint density at radius 1 is 1.47 bits per heavy atom. The summed E-state index contributed by atoms with van der Waals surface area (Å²) in [6.07, 6.45) is 2.77. The summed E-state index contributed by atoms with van der Waals surface area (Å²) in [5, 5.41) is 6.35. The van der Waals surface area contributed by atoms with E-state index < -0.39 is 0 Å². The van der Waals surface area contributed by atoms with Crippen LogP contribution in [-0.2, 0) is 4.79 Å². The molecule has 2 N–H and O–H groups in total. The van der Waals surface area contributed by atoms with Gasteiger partial charge in [-0.2, -0.15) is 0 Å². The number of anilines is 1. The third kappa shape index (κ3) is 4.05. The summed E-state index contributed by atoms with van der Waals surface area (Å²) in [6, 6.07) is 4.12. The van der Waals surface area contributed by atoms with Gasteiger partial charge in [-0.1, -0.05) is 6.07 Å². The van der Waals surface area contributed by atoms with E-state index in [1.54, 1.807) is 0 Å². The molecule has 19 heavy (non-hydrogen) atoms. The number of nitrogens with one attached hydrogen (secondary N) is 2. The van der Waals surface area contributed by atoms with Crippen molar-refractivity contribution in [3.8, 4) is 0 Å². The van der Waals surface area contributed by atoms with Crippen LogP contribution in [0.1, 0.15) is 30.4 Å². The monoisotopic (exact) mass is 324 g/mol. The molecule has 0 bridgehead atoms. The van der Waals surface area contributed by atoms with E-state index in [2.05, 4.69) is 39.6 Å². The van der Waals surface area contributed by atoms with Crippen LogP contribution >= 0.6 is 15.9 Å². The van der Waals surface area contributed by atoms with Gasteiger partial charge >= 0.3 is 0 Å². The third-order valence-corrected chi connectivity index (χ3v) is 4.26. The number of benzene rings is 1. The summed E-state index contributed by atoms with van der Waals surface area (Å²) >= 11 is 3.52. The van der Waals surface area contributed by atoms with Gasteiger partial charge < -0.3 is 10.6 Å². The first kappa shape index (κ1) is 14.5. The fourth-order valence-corrected chi connectivity index (χ4v) is 3.34. The van der Waals surface area contributed by atoms with Crippen LogP contribution in [0.25, 0.3) is 0 Å². The summed E-state index contributed by atoms with van der Waals surface area (Å²) < 4.78 is 0.959. The fraction of sp³-hybridized carbons (Fsp3) is 0.533. The number of rotatable bonds is 4. The van der Waals surface area contributed by atoms with Gasteiger partial charge in [-0.15, -0.1) is 0 Å². The van der Waals surface area contributed by atoms with Crippen molar-refractivity contribution in [1.29, 1.82) is 0 Å². The van der Waals surface area contributed by atoms with Crippen molar-refractivity contribution < 1.29 is 4.79 Å². The number of hydrogen-bond acceptors (Lipinski definition) is 2. The van der Waals surface area contributed by atoms with Crippen molar-refractivity contribution in [2.75, 3.05) is 18.4 Å². The van der Waals surface area contributed by atoms with Gasteiger partial charge in [0.05, 0.1) is 5.69 Å². The van der Waals surface area contributed by atoms with Crippen LogP contribution in [0.15, 0.2) is 16.6 Å². The predicted molar refractivity (Wildman–Crippen MR) is 82.5 cm³/mol. The largest absolute Gasteiger partial charge is 0.325 e. The molecule has 1 fully saturated rings. The molecule has 1 atom stereocenters. The summed E-state index contributed by atoms with van der Waals surface area (Å²) in [5.74, 6) is 0.771. The maximum Gasteiger partial charge on any atom is 0.224 e. The van der Waals surface area contributed by atoms with Crippen LogP contribution in [-0.4, -0.2) is 19.0 Å². The zero-order valence-corrected chi connectivity index (χ0v) is 13.1. The minimum Gasteiger partial charge on any atom is -0.325 e. The Bertz CT molecular complexity index is 444. The number of amides is 1. The molecule has 1 aliphatic heterocycles. The van der Waals surface area contributed by atoms with Gasteiger partial charge in [-0.3, -0.25) is 4.79 Å². The molecule has 3 nitrogen and oxygen atoms in total. The van der Waals surface area contributed by atoms with Gasteiger partial charge in [0.2, 0.25) is 5.91 Å². The number of aryl methyl sites for hydroxylation is 2. The number of carbonyl (C=O) groups is 1. The highest BCUT2D eigenvalue weighted by Gasteiger charge is 2.16. The molecule has 1 aliphatic rings. The average Bonchev–Trinajstić information content (AvgIpc) is 2.84. The Morgan fingerprint density at radius 3 is 2.89 bits per heavy atom. The molecule has 0 saturated carbocycles. The molecule has 1 aromatic rings. The summed E-state index contributed by atoms with van der Waals surface area (Å²) in [7, 11) is 0. The highest BCUT2D eigenvalue weighted by atomic mass is 79.9. The smallest absolute Gasteiger partial charge is 0.224 e. The average molecular weight is 325 g/mol. The first-order valence-corrected chi connectivity index (χ1v) is 7.63. The quantitative estimate of drug-likeness (QED) is 0.891. The second kappa shape index (κ2) is 6.53. The van der Waals surface area contributed by atoms with E-state index >= 15 is 0 Å². The van der Waals surface area contributed by atoms with Crippen molar-refractivity contribution in [1.82, 2.24) is 5.32 Å². The number of halogens is 1. The Labute approximate surface area is 123 Å². The van der Waals surface area contributed by atoms with E-state index in [0.29, 0.717) is 12.3 Å². The standard InChI is InChI=1S/C15H21BrN2O/c1-10-7-11(2)15(13(16)8-10)18-14(19)4-3-12-5-6-17-9-12/h7-8,12,17H,3-6,9H2,1-2H3,(H,18,19). The lowest BCUT2D eigenvalue weighted by atomic mass is 10.0. The molecule has 2 rings (SSSR count). The number of carbonyl (C=O) groups excluding carboxylic acids is 1. The van der Waals surface area contributed by atoms with Crippen LogP contribution < -0.4 is 10.6 Å². The van der Waals surface area contributed by atoms with Crippen molar-refractivity contribution in [2.24, 2.45) is 5.92 Å². The summed E-state index contributed by atoms with van der Waals surface area (Å²) in [6.45, 7) is 6.22. The van der Waals surface area contributed by atoms with Crippen LogP contribution in [0, 0.1) is 19.8 Å². The molecule has 1 heterocycles. The maximum atomic E-state index is 12.0. The topological polar surface area (TPSA) is 41.1 Å². The van der Waals surface area contributed by atoms with Crippen LogP contribution in [0.3, 0.4) is 0 Å². The van der Waals surface area contributed by atoms with E-state index in [4.69, 9.17) is 0 Å². The molecular weight excluding hydrogens is 304 g/mol. The van der Waals surface area contributed by atoms with Gasteiger partial charge in [0.25, 0.3) is 0 Å². The van der Waals surface area contributed by atoms with Gasteiger partial charge in [-0.05, 0) is 78.8 Å².